The summed E-state index contributed by atoms with van der Waals surface area (Å²) < 4.78 is 0. The molecule has 0 saturated heterocycles. The topological polar surface area (TPSA) is 72.2 Å². The molecule has 3 N–H and O–H groups in total. The molecule has 1 aliphatic rings. The fourth-order valence-corrected chi connectivity index (χ4v) is 2.91. The summed E-state index contributed by atoms with van der Waals surface area (Å²) in [7, 11) is 0. The summed E-state index contributed by atoms with van der Waals surface area (Å²) in [6, 6.07) is 12.5. The van der Waals surface area contributed by atoms with Crippen LogP contribution in [0.3, 0.4) is 0 Å². The molecule has 1 fully saturated rings. The molecule has 4 heteroatoms. The Morgan fingerprint density at radius 3 is 2.40 bits per heavy atom. The second-order valence-corrected chi connectivity index (χ2v) is 6.89. The molecule has 0 heterocycles. The molecule has 0 aliphatic heterocycles. The fourth-order valence-electron chi connectivity index (χ4n) is 2.91. The maximum atomic E-state index is 12.9. The fraction of sp³-hybridized carbons (Fsp3) is 0.333. The highest BCUT2D eigenvalue weighted by molar-refractivity contribution is 6.15. The summed E-state index contributed by atoms with van der Waals surface area (Å²) in [6.45, 7) is 4.42. The third-order valence-electron chi connectivity index (χ3n) is 4.91. The lowest BCUT2D eigenvalue weighted by molar-refractivity contribution is 0.0939. The van der Waals surface area contributed by atoms with E-state index in [1.165, 1.54) is 0 Å². The van der Waals surface area contributed by atoms with E-state index in [9.17, 15) is 9.59 Å². The van der Waals surface area contributed by atoms with Gasteiger partial charge in [0, 0.05) is 23.7 Å². The Labute approximate surface area is 148 Å². The van der Waals surface area contributed by atoms with Crippen molar-refractivity contribution in [1.82, 2.24) is 5.32 Å². The predicted octanol–water partition coefficient (Wildman–Crippen LogP) is 3.00. The summed E-state index contributed by atoms with van der Waals surface area (Å²) in [5.74, 6) is 0.136. The first-order valence-corrected chi connectivity index (χ1v) is 8.72. The van der Waals surface area contributed by atoms with Crippen molar-refractivity contribution in [3.63, 3.8) is 0 Å². The Morgan fingerprint density at radius 2 is 1.76 bits per heavy atom. The molecular formula is C21H24N2O2. The molecule has 0 aromatic heterocycles. The molecule has 25 heavy (non-hydrogen) atoms. The van der Waals surface area contributed by atoms with E-state index < -0.39 is 0 Å². The van der Waals surface area contributed by atoms with E-state index >= 15 is 0 Å². The summed E-state index contributed by atoms with van der Waals surface area (Å²) in [6.07, 6.45) is 2.28. The van der Waals surface area contributed by atoms with Crippen LogP contribution < -0.4 is 11.1 Å². The number of carbonyl (C=O) groups is 2. The monoisotopic (exact) mass is 336 g/mol. The lowest BCUT2D eigenvalue weighted by Crippen LogP contribution is -2.39. The van der Waals surface area contributed by atoms with Crippen molar-refractivity contribution in [1.29, 1.82) is 0 Å². The summed E-state index contributed by atoms with van der Waals surface area (Å²) in [5, 5.41) is 2.87. The molecule has 0 radical (unpaired) electrons. The number of nitrogens with one attached hydrogen (secondary N) is 1. The third kappa shape index (κ3) is 3.97. The van der Waals surface area contributed by atoms with Gasteiger partial charge >= 0.3 is 0 Å². The lowest BCUT2D eigenvalue weighted by Gasteiger charge is -2.13. The van der Waals surface area contributed by atoms with Gasteiger partial charge in [-0.1, -0.05) is 30.3 Å². The number of nitrogens with two attached hydrogens (primary N) is 1. The Kier molecular flexibility index (Phi) is 5.00. The number of rotatable bonds is 6. The van der Waals surface area contributed by atoms with Crippen LogP contribution in [-0.2, 0) is 0 Å². The first kappa shape index (κ1) is 17.4. The van der Waals surface area contributed by atoms with Crippen molar-refractivity contribution in [2.45, 2.75) is 32.7 Å². The van der Waals surface area contributed by atoms with Crippen molar-refractivity contribution in [3.05, 3.63) is 70.3 Å². The van der Waals surface area contributed by atoms with Crippen molar-refractivity contribution in [3.8, 4) is 0 Å². The van der Waals surface area contributed by atoms with Gasteiger partial charge in [0.25, 0.3) is 5.91 Å². The largest absolute Gasteiger partial charge is 0.350 e. The van der Waals surface area contributed by atoms with Crippen molar-refractivity contribution >= 4 is 11.7 Å². The summed E-state index contributed by atoms with van der Waals surface area (Å²) in [4.78, 5) is 25.4. The molecule has 1 atom stereocenters. The van der Waals surface area contributed by atoms with Crippen molar-refractivity contribution in [2.24, 2.45) is 11.7 Å². The Balaban J connectivity index is 1.80. The number of carbonyl (C=O) groups excluding carboxylic acids is 2. The minimum Gasteiger partial charge on any atom is -0.350 e. The average Bonchev–Trinajstić information content (AvgIpc) is 3.46. The normalized spacial score (nSPS) is 14.8. The summed E-state index contributed by atoms with van der Waals surface area (Å²) in [5.41, 5.74) is 9.65. The number of ketones is 1. The second-order valence-electron chi connectivity index (χ2n) is 6.89. The van der Waals surface area contributed by atoms with Crippen LogP contribution in [0.15, 0.2) is 42.5 Å². The number of hydrogen-bond acceptors (Lipinski definition) is 3. The molecule has 1 saturated carbocycles. The van der Waals surface area contributed by atoms with Gasteiger partial charge < -0.3 is 11.1 Å². The van der Waals surface area contributed by atoms with Crippen molar-refractivity contribution < 1.29 is 9.59 Å². The van der Waals surface area contributed by atoms with Gasteiger partial charge in [0.15, 0.2) is 5.78 Å². The number of aryl methyl sites for hydroxylation is 2. The second kappa shape index (κ2) is 7.19. The van der Waals surface area contributed by atoms with E-state index in [0.717, 1.165) is 24.0 Å². The van der Waals surface area contributed by atoms with Gasteiger partial charge in [0.05, 0.1) is 5.56 Å². The molecule has 1 unspecified atom stereocenters. The van der Waals surface area contributed by atoms with E-state index in [4.69, 9.17) is 5.73 Å². The SMILES string of the molecule is Cc1ccc(C(=O)c2ccccc2C(=O)NCC(N)C2CC2)cc1C. The highest BCUT2D eigenvalue weighted by atomic mass is 16.2. The number of benzene rings is 2. The molecule has 1 aliphatic carbocycles. The highest BCUT2D eigenvalue weighted by Gasteiger charge is 2.28. The van der Waals surface area contributed by atoms with Gasteiger partial charge in [-0.15, -0.1) is 0 Å². The smallest absolute Gasteiger partial charge is 0.252 e. The first-order chi connectivity index (χ1) is 12.0. The summed E-state index contributed by atoms with van der Waals surface area (Å²) >= 11 is 0. The minimum absolute atomic E-state index is 0.00781. The zero-order chi connectivity index (χ0) is 18.0. The van der Waals surface area contributed by atoms with Gasteiger partial charge in [-0.3, -0.25) is 9.59 Å². The van der Waals surface area contributed by atoms with Crippen LogP contribution in [0.25, 0.3) is 0 Å². The van der Waals surface area contributed by atoms with E-state index in [1.807, 2.05) is 32.0 Å². The molecule has 4 nitrogen and oxygen atoms in total. The van der Waals surface area contributed by atoms with E-state index in [0.29, 0.717) is 29.2 Å². The molecular weight excluding hydrogens is 312 g/mol. The van der Waals surface area contributed by atoms with Crippen LogP contribution in [0.4, 0.5) is 0 Å². The minimum atomic E-state index is -0.246. The van der Waals surface area contributed by atoms with Crippen LogP contribution in [0, 0.1) is 19.8 Å². The maximum absolute atomic E-state index is 12.9. The molecule has 0 bridgehead atoms. The molecule has 130 valence electrons. The standard InChI is InChI=1S/C21H24N2O2/c1-13-7-8-16(11-14(13)2)20(24)17-5-3-4-6-18(17)21(25)23-12-19(22)15-9-10-15/h3-8,11,15,19H,9-10,12,22H2,1-2H3,(H,23,25). The highest BCUT2D eigenvalue weighted by Crippen LogP contribution is 2.31. The van der Waals surface area contributed by atoms with Gasteiger partial charge in [0.1, 0.15) is 0 Å². The number of hydrogen-bond donors (Lipinski definition) is 2. The van der Waals surface area contributed by atoms with E-state index in [1.54, 1.807) is 24.3 Å². The maximum Gasteiger partial charge on any atom is 0.252 e. The van der Waals surface area contributed by atoms with E-state index in [-0.39, 0.29) is 17.7 Å². The third-order valence-corrected chi connectivity index (χ3v) is 4.91. The van der Waals surface area contributed by atoms with Crippen molar-refractivity contribution in [2.75, 3.05) is 6.54 Å². The molecule has 3 rings (SSSR count). The lowest BCUT2D eigenvalue weighted by atomic mass is 9.95. The van der Waals surface area contributed by atoms with Crippen LogP contribution in [0.2, 0.25) is 0 Å². The predicted molar refractivity (Wildman–Crippen MR) is 98.8 cm³/mol. The molecule has 1 amide bonds. The molecule has 2 aromatic rings. The first-order valence-electron chi connectivity index (χ1n) is 8.72. The number of amides is 1. The van der Waals surface area contributed by atoms with Gasteiger partial charge in [-0.25, -0.2) is 0 Å². The van der Waals surface area contributed by atoms with Crippen LogP contribution >= 0.6 is 0 Å². The molecule has 2 aromatic carbocycles. The molecule has 0 spiro atoms. The zero-order valence-corrected chi connectivity index (χ0v) is 14.7. The van der Waals surface area contributed by atoms with Gasteiger partial charge in [0.2, 0.25) is 0 Å². The van der Waals surface area contributed by atoms with Crippen LogP contribution in [0.1, 0.15) is 50.2 Å². The zero-order valence-electron chi connectivity index (χ0n) is 14.7. The Morgan fingerprint density at radius 1 is 1.08 bits per heavy atom. The Hall–Kier alpha value is -2.46. The van der Waals surface area contributed by atoms with Crippen LogP contribution in [0.5, 0.6) is 0 Å². The average molecular weight is 336 g/mol. The quantitative estimate of drug-likeness (QED) is 0.797. The van der Waals surface area contributed by atoms with E-state index in [2.05, 4.69) is 5.32 Å². The van der Waals surface area contributed by atoms with Gasteiger partial charge in [-0.2, -0.15) is 0 Å². The van der Waals surface area contributed by atoms with Crippen LogP contribution in [-0.4, -0.2) is 24.3 Å². The van der Waals surface area contributed by atoms with Gasteiger partial charge in [-0.05, 0) is 55.9 Å². The Bertz CT molecular complexity index is 809.